The third-order valence-electron chi connectivity index (χ3n) is 9.09. The molecule has 2 fully saturated rings. The van der Waals surface area contributed by atoms with Crippen molar-refractivity contribution in [1.82, 2.24) is 15.1 Å². The number of rotatable bonds is 15. The number of thioether (sulfide) groups is 1. The van der Waals surface area contributed by atoms with Crippen LogP contribution in [0.15, 0.2) is 72.8 Å². The van der Waals surface area contributed by atoms with Crippen LogP contribution in [-0.2, 0) is 38.0 Å². The van der Waals surface area contributed by atoms with E-state index in [1.54, 1.807) is 35.9 Å². The largest absolute Gasteiger partial charge is 0.497 e. The Morgan fingerprint density at radius 1 is 0.865 bits per heavy atom. The van der Waals surface area contributed by atoms with Crippen molar-refractivity contribution in [2.45, 2.75) is 68.5 Å². The fourth-order valence-electron chi connectivity index (χ4n) is 6.15. The van der Waals surface area contributed by atoms with E-state index in [2.05, 4.69) is 5.32 Å². The summed E-state index contributed by atoms with van der Waals surface area (Å²) in [6, 6.07) is 17.7. The molecule has 3 aromatic carbocycles. The van der Waals surface area contributed by atoms with Gasteiger partial charge in [-0.2, -0.15) is 11.8 Å². The van der Waals surface area contributed by atoms with Crippen LogP contribution < -0.4 is 10.1 Å². The van der Waals surface area contributed by atoms with Gasteiger partial charge in [-0.15, -0.1) is 0 Å². The van der Waals surface area contributed by atoms with Gasteiger partial charge in [0.25, 0.3) is 11.4 Å². The number of non-ortho nitro benzene ring substituents is 2. The number of carbonyl (C=O) groups excluding carboxylic acids is 3. The van der Waals surface area contributed by atoms with Gasteiger partial charge in [0.1, 0.15) is 31.0 Å². The van der Waals surface area contributed by atoms with Crippen LogP contribution in [0.3, 0.4) is 0 Å². The van der Waals surface area contributed by atoms with Crippen LogP contribution in [0.2, 0.25) is 0 Å². The number of likely N-dealkylation sites (tertiary alicyclic amines) is 2. The quantitative estimate of drug-likeness (QED) is 0.122. The maximum atomic E-state index is 14.0. The van der Waals surface area contributed by atoms with Gasteiger partial charge in [-0.1, -0.05) is 19.1 Å². The molecule has 16 heteroatoms. The van der Waals surface area contributed by atoms with E-state index in [0.29, 0.717) is 55.8 Å². The summed E-state index contributed by atoms with van der Waals surface area (Å²) in [5, 5.41) is 25.2. The minimum absolute atomic E-state index is 0.0280. The lowest BCUT2D eigenvalue weighted by Crippen LogP contribution is -2.49. The molecule has 0 aliphatic carbocycles. The Morgan fingerprint density at radius 3 is 2.00 bits per heavy atom. The van der Waals surface area contributed by atoms with E-state index in [1.807, 2.05) is 31.2 Å². The van der Waals surface area contributed by atoms with E-state index in [9.17, 15) is 34.6 Å². The summed E-state index contributed by atoms with van der Waals surface area (Å²) in [5.74, 6) is 0.776. The minimum atomic E-state index is -0.745. The zero-order chi connectivity index (χ0) is 37.2. The molecular weight excluding hydrogens is 694 g/mol. The van der Waals surface area contributed by atoms with Crippen molar-refractivity contribution < 1.29 is 38.4 Å². The van der Waals surface area contributed by atoms with Crippen molar-refractivity contribution in [3.8, 4) is 5.75 Å². The summed E-state index contributed by atoms with van der Waals surface area (Å²) in [5.41, 5.74) is 2.17. The number of benzene rings is 3. The highest BCUT2D eigenvalue weighted by Crippen LogP contribution is 2.33. The highest BCUT2D eigenvalue weighted by Gasteiger charge is 2.44. The molecule has 0 radical (unpaired) electrons. The second-order valence-corrected chi connectivity index (χ2v) is 13.9. The highest BCUT2D eigenvalue weighted by atomic mass is 32.2. The fourth-order valence-corrected chi connectivity index (χ4v) is 7.35. The average molecular weight is 736 g/mol. The molecule has 1 unspecified atom stereocenters. The molecule has 0 saturated carbocycles. The Bertz CT molecular complexity index is 1720. The Morgan fingerprint density at radius 2 is 1.44 bits per heavy atom. The van der Waals surface area contributed by atoms with Crippen molar-refractivity contribution in [3.05, 3.63) is 110 Å². The van der Waals surface area contributed by atoms with Crippen LogP contribution in [0.1, 0.15) is 42.9 Å². The van der Waals surface area contributed by atoms with Gasteiger partial charge >= 0.3 is 12.1 Å². The SMILES string of the molecule is CCC(N[C@H]1CCN(C(=O)[C@@H]2C[C@H](SCc3ccc(OC)cc3)CN2C(=O)OCc2ccc([N+](=O)[O-])cc2)C1)C(=O)OCc1ccc([N+](=O)[O-])cc1. The van der Waals surface area contributed by atoms with Crippen LogP contribution in [-0.4, -0.2) is 87.7 Å². The van der Waals surface area contributed by atoms with Gasteiger partial charge in [0.15, 0.2) is 0 Å². The molecule has 0 bridgehead atoms. The number of esters is 1. The number of hydrogen-bond acceptors (Lipinski definition) is 12. The molecule has 3 aromatic rings. The molecule has 2 aliphatic rings. The van der Waals surface area contributed by atoms with Gasteiger partial charge in [0.2, 0.25) is 5.91 Å². The van der Waals surface area contributed by atoms with E-state index >= 15 is 0 Å². The summed E-state index contributed by atoms with van der Waals surface area (Å²) >= 11 is 1.66. The zero-order valence-corrected chi connectivity index (χ0v) is 29.7. The monoisotopic (exact) mass is 735 g/mol. The number of carbonyl (C=O) groups is 3. The second kappa shape index (κ2) is 17.8. The predicted octanol–water partition coefficient (Wildman–Crippen LogP) is 5.24. The number of nitro benzene ring substituents is 2. The summed E-state index contributed by atoms with van der Waals surface area (Å²) in [6.07, 6.45) is 0.853. The Kier molecular flexibility index (Phi) is 13.0. The summed E-state index contributed by atoms with van der Waals surface area (Å²) in [6.45, 7) is 2.81. The van der Waals surface area contributed by atoms with Gasteiger partial charge in [0.05, 0.1) is 17.0 Å². The fraction of sp³-hybridized carbons (Fsp3) is 0.417. The first-order chi connectivity index (χ1) is 25.0. The van der Waals surface area contributed by atoms with E-state index in [-0.39, 0.29) is 41.8 Å². The molecule has 4 atom stereocenters. The van der Waals surface area contributed by atoms with E-state index in [1.165, 1.54) is 41.3 Å². The molecule has 2 heterocycles. The summed E-state index contributed by atoms with van der Waals surface area (Å²) in [4.78, 5) is 64.5. The van der Waals surface area contributed by atoms with Crippen LogP contribution in [0.25, 0.3) is 0 Å². The Balaban J connectivity index is 1.18. The lowest BCUT2D eigenvalue weighted by Gasteiger charge is -2.27. The number of nitro groups is 2. The van der Waals surface area contributed by atoms with E-state index in [0.717, 1.165) is 11.3 Å². The van der Waals surface area contributed by atoms with Crippen LogP contribution >= 0.6 is 11.8 Å². The smallest absolute Gasteiger partial charge is 0.410 e. The van der Waals surface area contributed by atoms with Crippen molar-refractivity contribution in [3.63, 3.8) is 0 Å². The van der Waals surface area contributed by atoms with Crippen molar-refractivity contribution >= 4 is 41.1 Å². The zero-order valence-electron chi connectivity index (χ0n) is 28.9. The third kappa shape index (κ3) is 9.97. The van der Waals surface area contributed by atoms with E-state index < -0.39 is 34.0 Å². The Hall–Kier alpha value is -5.22. The number of nitrogens with zero attached hydrogens (tertiary/aromatic N) is 4. The summed E-state index contributed by atoms with van der Waals surface area (Å²) in [7, 11) is 1.61. The first kappa shape index (κ1) is 38.0. The number of amides is 2. The van der Waals surface area contributed by atoms with Gasteiger partial charge in [-0.25, -0.2) is 4.79 Å². The molecular formula is C36H41N5O10S. The summed E-state index contributed by atoms with van der Waals surface area (Å²) < 4.78 is 16.3. The molecule has 52 heavy (non-hydrogen) atoms. The lowest BCUT2D eigenvalue weighted by molar-refractivity contribution is -0.385. The molecule has 0 spiro atoms. The lowest BCUT2D eigenvalue weighted by atomic mass is 10.1. The maximum absolute atomic E-state index is 14.0. The number of hydrogen-bond donors (Lipinski definition) is 1. The second-order valence-electron chi connectivity index (χ2n) is 12.6. The molecule has 15 nitrogen and oxygen atoms in total. The van der Waals surface area contributed by atoms with Gasteiger partial charge in [0, 0.05) is 60.9 Å². The molecule has 0 aromatic heterocycles. The minimum Gasteiger partial charge on any atom is -0.497 e. The van der Waals surface area contributed by atoms with Gasteiger partial charge in [-0.05, 0) is 72.4 Å². The first-order valence-corrected chi connectivity index (χ1v) is 18.0. The third-order valence-corrected chi connectivity index (χ3v) is 10.4. The first-order valence-electron chi connectivity index (χ1n) is 16.9. The number of ether oxygens (including phenoxy) is 3. The predicted molar refractivity (Wildman–Crippen MR) is 192 cm³/mol. The standard InChI is InChI=1S/C36H41N5O10S/c1-3-32(35(43)50-21-24-4-10-28(11-5-24)40(45)46)37-27-16-17-38(19-27)34(42)33-18-31(52-23-26-8-14-30(49-2)15-9-26)20-39(33)36(44)51-22-25-6-12-29(13-7-25)41(47)48/h4-15,27,31-33,37H,3,16-23H2,1-2H3/t27-,31-,32?,33-/m0/s1. The number of methoxy groups -OCH3 is 1. The highest BCUT2D eigenvalue weighted by molar-refractivity contribution is 7.99. The normalized spacial score (nSPS) is 18.8. The molecule has 1 N–H and O–H groups in total. The average Bonchev–Trinajstić information content (AvgIpc) is 3.82. The van der Waals surface area contributed by atoms with Crippen molar-refractivity contribution in [2.75, 3.05) is 26.7 Å². The number of nitrogens with one attached hydrogen (secondary N) is 1. The molecule has 2 saturated heterocycles. The van der Waals surface area contributed by atoms with Crippen molar-refractivity contribution in [1.29, 1.82) is 0 Å². The molecule has 5 rings (SSSR count). The Labute approximate surface area is 304 Å². The van der Waals surface area contributed by atoms with Gasteiger partial charge in [-0.3, -0.25) is 40.0 Å². The molecule has 2 amide bonds. The van der Waals surface area contributed by atoms with Crippen LogP contribution in [0, 0.1) is 20.2 Å². The van der Waals surface area contributed by atoms with Crippen LogP contribution in [0.4, 0.5) is 16.2 Å². The van der Waals surface area contributed by atoms with Crippen molar-refractivity contribution in [2.24, 2.45) is 0 Å². The topological polar surface area (TPSA) is 184 Å². The van der Waals surface area contributed by atoms with Gasteiger partial charge < -0.3 is 19.1 Å². The molecule has 276 valence electrons. The van der Waals surface area contributed by atoms with E-state index in [4.69, 9.17) is 14.2 Å². The van der Waals surface area contributed by atoms with Crippen LogP contribution in [0.5, 0.6) is 5.75 Å². The molecule has 2 aliphatic heterocycles. The maximum Gasteiger partial charge on any atom is 0.410 e.